The number of piperidine rings is 1. The van der Waals surface area contributed by atoms with Gasteiger partial charge in [-0.25, -0.2) is 16.8 Å². The Morgan fingerprint density at radius 3 is 2.17 bits per heavy atom. The number of anilines is 1. The molecule has 0 atom stereocenters. The molecule has 10 nitrogen and oxygen atoms in total. The first-order valence-electron chi connectivity index (χ1n) is 13.0. The van der Waals surface area contributed by atoms with Gasteiger partial charge in [-0.3, -0.25) is 9.10 Å². The Balaban J connectivity index is 1.36. The van der Waals surface area contributed by atoms with Crippen molar-refractivity contribution in [2.24, 2.45) is 0 Å². The first-order valence-corrected chi connectivity index (χ1v) is 16.3. The van der Waals surface area contributed by atoms with Gasteiger partial charge in [0.05, 0.1) is 29.1 Å². The lowest BCUT2D eigenvalue weighted by Crippen LogP contribution is -2.41. The molecule has 0 radical (unpaired) electrons. The Bertz CT molecular complexity index is 1540. The van der Waals surface area contributed by atoms with Crippen LogP contribution in [-0.2, 0) is 24.8 Å². The van der Waals surface area contributed by atoms with E-state index >= 15 is 0 Å². The van der Waals surface area contributed by atoms with Crippen molar-refractivity contribution in [3.63, 3.8) is 0 Å². The lowest BCUT2D eigenvalue weighted by atomic mass is 10.2. The molecule has 1 fully saturated rings. The summed E-state index contributed by atoms with van der Waals surface area (Å²) in [5.41, 5.74) is 0.235. The number of hydrogen-bond donors (Lipinski definition) is 1. The lowest BCUT2D eigenvalue weighted by Gasteiger charge is -2.25. The zero-order chi connectivity index (χ0) is 29.5. The highest BCUT2D eigenvalue weighted by Crippen LogP contribution is 2.27. The molecule has 1 saturated heterocycles. The van der Waals surface area contributed by atoms with Crippen LogP contribution in [0.4, 0.5) is 5.69 Å². The van der Waals surface area contributed by atoms with Crippen LogP contribution >= 0.6 is 11.6 Å². The maximum atomic E-state index is 13.5. The van der Waals surface area contributed by atoms with Gasteiger partial charge in [0.2, 0.25) is 15.9 Å². The van der Waals surface area contributed by atoms with E-state index in [1.807, 2.05) is 0 Å². The van der Waals surface area contributed by atoms with Crippen LogP contribution in [0.25, 0.3) is 0 Å². The Labute approximate surface area is 245 Å². The molecular weight excluding hydrogens is 590 g/mol. The number of carbonyl (C=O) groups is 1. The molecule has 1 amide bonds. The number of hydrogen-bond acceptors (Lipinski definition) is 7. The van der Waals surface area contributed by atoms with Gasteiger partial charge in [-0.05, 0) is 79.6 Å². The van der Waals surface area contributed by atoms with Crippen molar-refractivity contribution in [2.75, 3.05) is 44.2 Å². The van der Waals surface area contributed by atoms with Crippen molar-refractivity contribution in [1.29, 1.82) is 0 Å². The van der Waals surface area contributed by atoms with Gasteiger partial charge in [0.15, 0.2) is 0 Å². The summed E-state index contributed by atoms with van der Waals surface area (Å²) in [6, 6.07) is 18.2. The van der Waals surface area contributed by atoms with Crippen LogP contribution in [0.3, 0.4) is 0 Å². The van der Waals surface area contributed by atoms with Crippen LogP contribution in [0.2, 0.25) is 5.02 Å². The zero-order valence-corrected chi connectivity index (χ0v) is 24.9. The quantitative estimate of drug-likeness (QED) is 0.304. The van der Waals surface area contributed by atoms with Crippen molar-refractivity contribution in [3.05, 3.63) is 77.8 Å². The highest BCUT2D eigenvalue weighted by molar-refractivity contribution is 7.92. The summed E-state index contributed by atoms with van der Waals surface area (Å²) in [5.74, 6) is 0.391. The van der Waals surface area contributed by atoms with Crippen molar-refractivity contribution in [1.82, 2.24) is 9.62 Å². The van der Waals surface area contributed by atoms with E-state index in [0.29, 0.717) is 29.6 Å². The summed E-state index contributed by atoms with van der Waals surface area (Å²) in [4.78, 5) is 13.0. The average molecular weight is 622 g/mol. The van der Waals surface area contributed by atoms with E-state index in [2.05, 4.69) is 5.32 Å². The smallest absolute Gasteiger partial charge is 0.264 e. The molecule has 0 aliphatic carbocycles. The van der Waals surface area contributed by atoms with E-state index in [-0.39, 0.29) is 28.6 Å². The van der Waals surface area contributed by atoms with Gasteiger partial charge in [0.25, 0.3) is 10.0 Å². The number of ether oxygens (including phenoxy) is 2. The van der Waals surface area contributed by atoms with Gasteiger partial charge < -0.3 is 14.8 Å². The minimum atomic E-state index is -4.11. The number of halogens is 1. The van der Waals surface area contributed by atoms with Crippen molar-refractivity contribution in [3.8, 4) is 11.5 Å². The predicted molar refractivity (Wildman–Crippen MR) is 157 cm³/mol. The van der Waals surface area contributed by atoms with E-state index < -0.39 is 32.5 Å². The Hall–Kier alpha value is -3.32. The predicted octanol–water partition coefficient (Wildman–Crippen LogP) is 3.91. The van der Waals surface area contributed by atoms with Gasteiger partial charge in [-0.1, -0.05) is 24.1 Å². The molecular formula is C28H32ClN3O7S2. The highest BCUT2D eigenvalue weighted by atomic mass is 35.5. The first kappa shape index (κ1) is 30.6. The van der Waals surface area contributed by atoms with Crippen molar-refractivity contribution < 1.29 is 31.1 Å². The number of benzene rings is 3. The van der Waals surface area contributed by atoms with Crippen LogP contribution in [0.1, 0.15) is 19.3 Å². The zero-order valence-electron chi connectivity index (χ0n) is 22.5. The van der Waals surface area contributed by atoms with Crippen LogP contribution in [0.5, 0.6) is 11.5 Å². The van der Waals surface area contributed by atoms with Gasteiger partial charge in [-0.15, -0.1) is 0 Å². The van der Waals surface area contributed by atoms with Crippen molar-refractivity contribution >= 4 is 43.2 Å². The fourth-order valence-corrected chi connectivity index (χ4v) is 7.44. The number of carbonyl (C=O) groups excluding carboxylic acids is 1. The molecule has 1 aliphatic heterocycles. The SMILES string of the molecule is COc1ccc(S(=O)(=O)N(CC(=O)NCCOc2ccc(S(=O)(=O)N3CCCCC3)cc2)c2cccc(Cl)c2)cc1. The minimum absolute atomic E-state index is 0.0137. The lowest BCUT2D eigenvalue weighted by molar-refractivity contribution is -0.119. The maximum Gasteiger partial charge on any atom is 0.264 e. The van der Waals surface area contributed by atoms with E-state index in [1.54, 1.807) is 30.3 Å². The Kier molecular flexibility index (Phi) is 10.1. The molecule has 0 saturated carbocycles. The Morgan fingerprint density at radius 1 is 0.902 bits per heavy atom. The number of amides is 1. The van der Waals surface area contributed by atoms with E-state index in [4.69, 9.17) is 21.1 Å². The summed E-state index contributed by atoms with van der Waals surface area (Å²) < 4.78 is 65.8. The number of rotatable bonds is 12. The molecule has 3 aromatic carbocycles. The first-order chi connectivity index (χ1) is 19.6. The van der Waals surface area contributed by atoms with Crippen LogP contribution in [0.15, 0.2) is 82.6 Å². The van der Waals surface area contributed by atoms with E-state index in [9.17, 15) is 21.6 Å². The molecule has 0 spiro atoms. The fraction of sp³-hybridized carbons (Fsp3) is 0.321. The summed E-state index contributed by atoms with van der Waals surface area (Å²) >= 11 is 6.11. The molecule has 1 N–H and O–H groups in total. The second kappa shape index (κ2) is 13.6. The molecule has 0 aromatic heterocycles. The summed E-state index contributed by atoms with van der Waals surface area (Å²) in [7, 11) is -6.17. The standard InChI is InChI=1S/C28H32ClN3O7S2/c1-38-24-8-12-27(13-9-24)41(36,37)32(23-7-5-6-22(29)20-23)21-28(33)30-16-19-39-25-10-14-26(15-11-25)40(34,35)31-17-3-2-4-18-31/h5-15,20H,2-4,16-19,21H2,1H3,(H,30,33). The monoisotopic (exact) mass is 621 g/mol. The molecule has 13 heteroatoms. The summed E-state index contributed by atoms with van der Waals surface area (Å²) in [5, 5.41) is 2.98. The number of sulfonamides is 2. The largest absolute Gasteiger partial charge is 0.497 e. The fourth-order valence-electron chi connectivity index (χ4n) is 4.33. The second-order valence-corrected chi connectivity index (χ2v) is 13.5. The third-order valence-corrected chi connectivity index (χ3v) is 10.4. The van der Waals surface area contributed by atoms with Gasteiger partial charge in [0.1, 0.15) is 24.7 Å². The van der Waals surface area contributed by atoms with E-state index in [0.717, 1.165) is 23.6 Å². The molecule has 3 aromatic rings. The second-order valence-electron chi connectivity index (χ2n) is 9.30. The maximum absolute atomic E-state index is 13.5. The van der Waals surface area contributed by atoms with Crippen LogP contribution in [-0.4, -0.2) is 66.9 Å². The normalized spacial score (nSPS) is 14.3. The van der Waals surface area contributed by atoms with Gasteiger partial charge in [-0.2, -0.15) is 4.31 Å². The molecule has 1 heterocycles. The molecule has 4 rings (SSSR count). The number of nitrogens with one attached hydrogen (secondary N) is 1. The summed E-state index contributed by atoms with van der Waals surface area (Å²) in [6.07, 6.45) is 2.75. The molecule has 0 unspecified atom stereocenters. The number of nitrogens with zero attached hydrogens (tertiary/aromatic N) is 2. The summed E-state index contributed by atoms with van der Waals surface area (Å²) in [6.45, 7) is 0.746. The molecule has 220 valence electrons. The number of methoxy groups -OCH3 is 1. The third-order valence-electron chi connectivity index (χ3n) is 6.50. The minimum Gasteiger partial charge on any atom is -0.497 e. The van der Waals surface area contributed by atoms with Crippen molar-refractivity contribution in [2.45, 2.75) is 29.1 Å². The van der Waals surface area contributed by atoms with Crippen LogP contribution in [0, 0.1) is 0 Å². The molecule has 1 aliphatic rings. The van der Waals surface area contributed by atoms with E-state index in [1.165, 1.54) is 53.9 Å². The third kappa shape index (κ3) is 7.70. The van der Waals surface area contributed by atoms with Crippen LogP contribution < -0.4 is 19.1 Å². The molecule has 41 heavy (non-hydrogen) atoms. The van der Waals surface area contributed by atoms with Gasteiger partial charge >= 0.3 is 0 Å². The molecule has 0 bridgehead atoms. The topological polar surface area (TPSA) is 122 Å². The van der Waals surface area contributed by atoms with Gasteiger partial charge in [0, 0.05) is 18.1 Å². The average Bonchev–Trinajstić information content (AvgIpc) is 2.98. The Morgan fingerprint density at radius 2 is 1.54 bits per heavy atom. The highest BCUT2D eigenvalue weighted by Gasteiger charge is 2.28.